The van der Waals surface area contributed by atoms with E-state index >= 15 is 0 Å². The summed E-state index contributed by atoms with van der Waals surface area (Å²) in [6, 6.07) is 0.322. The van der Waals surface area contributed by atoms with E-state index < -0.39 is 0 Å². The van der Waals surface area contributed by atoms with Crippen molar-refractivity contribution in [3.8, 4) is 5.75 Å². The lowest BCUT2D eigenvalue weighted by molar-refractivity contribution is 0.367. The van der Waals surface area contributed by atoms with Crippen LogP contribution in [-0.4, -0.2) is 23.4 Å². The molecule has 18 heavy (non-hydrogen) atoms. The Bertz CT molecular complexity index is 325. The molecule has 0 amide bonds. The summed E-state index contributed by atoms with van der Waals surface area (Å²) in [5.74, 6) is 1.54. The number of hydrogen-bond donors (Lipinski definition) is 1. The van der Waals surface area contributed by atoms with Gasteiger partial charge < -0.3 is 10.1 Å². The van der Waals surface area contributed by atoms with Gasteiger partial charge in [-0.05, 0) is 32.2 Å². The van der Waals surface area contributed by atoms with Crippen LogP contribution < -0.4 is 10.1 Å². The van der Waals surface area contributed by atoms with E-state index in [1.807, 2.05) is 10.9 Å². The smallest absolute Gasteiger partial charge is 0.161 e. The highest BCUT2D eigenvalue weighted by atomic mass is 16.5. The topological polar surface area (TPSA) is 39.1 Å². The van der Waals surface area contributed by atoms with Gasteiger partial charge in [0.15, 0.2) is 5.75 Å². The fourth-order valence-corrected chi connectivity index (χ4v) is 2.22. The summed E-state index contributed by atoms with van der Waals surface area (Å²) in [7, 11) is 1.72. The Morgan fingerprint density at radius 3 is 2.61 bits per heavy atom. The fourth-order valence-electron chi connectivity index (χ4n) is 2.22. The highest BCUT2D eigenvalue weighted by Crippen LogP contribution is 2.29. The summed E-state index contributed by atoms with van der Waals surface area (Å²) >= 11 is 0. The number of methoxy groups -OCH3 is 1. The minimum Gasteiger partial charge on any atom is -0.493 e. The van der Waals surface area contributed by atoms with Crippen LogP contribution in [0.25, 0.3) is 0 Å². The Labute approximate surface area is 111 Å². The van der Waals surface area contributed by atoms with E-state index in [1.54, 1.807) is 7.11 Å². The molecule has 0 bridgehead atoms. The van der Waals surface area contributed by atoms with E-state index in [2.05, 4.69) is 38.1 Å². The van der Waals surface area contributed by atoms with Crippen LogP contribution in [0.5, 0.6) is 5.75 Å². The summed E-state index contributed by atoms with van der Waals surface area (Å²) < 4.78 is 7.48. The zero-order valence-corrected chi connectivity index (χ0v) is 12.4. The summed E-state index contributed by atoms with van der Waals surface area (Å²) in [4.78, 5) is 0. The van der Waals surface area contributed by atoms with Crippen molar-refractivity contribution in [3.63, 3.8) is 0 Å². The predicted molar refractivity (Wildman–Crippen MR) is 74.9 cm³/mol. The monoisotopic (exact) mass is 253 g/mol. The molecular weight excluding hydrogens is 226 g/mol. The van der Waals surface area contributed by atoms with E-state index in [9.17, 15) is 0 Å². The van der Waals surface area contributed by atoms with Crippen molar-refractivity contribution < 1.29 is 4.74 Å². The van der Waals surface area contributed by atoms with Gasteiger partial charge in [-0.1, -0.05) is 20.8 Å². The molecule has 1 atom stereocenters. The highest BCUT2D eigenvalue weighted by molar-refractivity contribution is 5.28. The van der Waals surface area contributed by atoms with Gasteiger partial charge in [-0.2, -0.15) is 5.10 Å². The second-order valence-corrected chi connectivity index (χ2v) is 5.05. The molecule has 0 aliphatic heterocycles. The number of nitrogens with zero attached hydrogens (tertiary/aromatic N) is 2. The van der Waals surface area contributed by atoms with Gasteiger partial charge in [0.05, 0.1) is 25.0 Å². The first-order valence-electron chi connectivity index (χ1n) is 6.97. The van der Waals surface area contributed by atoms with Crippen molar-refractivity contribution in [2.45, 2.75) is 53.1 Å². The largest absolute Gasteiger partial charge is 0.493 e. The van der Waals surface area contributed by atoms with Gasteiger partial charge in [0.25, 0.3) is 0 Å². The minimum atomic E-state index is 0.322. The van der Waals surface area contributed by atoms with Crippen LogP contribution in [0.3, 0.4) is 0 Å². The third kappa shape index (κ3) is 3.73. The van der Waals surface area contributed by atoms with Crippen molar-refractivity contribution in [2.24, 2.45) is 5.92 Å². The zero-order valence-electron chi connectivity index (χ0n) is 12.4. The molecule has 1 aromatic heterocycles. The molecule has 1 heterocycles. The van der Waals surface area contributed by atoms with Crippen LogP contribution in [0, 0.1) is 5.92 Å². The standard InChI is InChI=1S/C14H27N3O/c1-6-8-15-12(9-11(3)4)14-13(18-5)10-16-17(14)7-2/h10-12,15H,6-9H2,1-5H3. The number of rotatable bonds is 8. The lowest BCUT2D eigenvalue weighted by atomic mass is 10.0. The van der Waals surface area contributed by atoms with E-state index in [1.165, 1.54) is 5.69 Å². The average Bonchev–Trinajstić information content (AvgIpc) is 2.76. The second kappa shape index (κ2) is 7.41. The maximum atomic E-state index is 5.45. The van der Waals surface area contributed by atoms with Crippen LogP contribution >= 0.6 is 0 Å². The van der Waals surface area contributed by atoms with Crippen molar-refractivity contribution in [1.29, 1.82) is 0 Å². The first-order valence-corrected chi connectivity index (χ1v) is 6.97. The Hall–Kier alpha value is -1.03. The normalized spacial score (nSPS) is 13.0. The van der Waals surface area contributed by atoms with Gasteiger partial charge >= 0.3 is 0 Å². The van der Waals surface area contributed by atoms with Crippen molar-refractivity contribution in [3.05, 3.63) is 11.9 Å². The number of ether oxygens (including phenoxy) is 1. The van der Waals surface area contributed by atoms with Crippen LogP contribution in [0.15, 0.2) is 6.20 Å². The number of hydrogen-bond acceptors (Lipinski definition) is 3. The van der Waals surface area contributed by atoms with E-state index in [-0.39, 0.29) is 0 Å². The fraction of sp³-hybridized carbons (Fsp3) is 0.786. The molecule has 0 aromatic carbocycles. The molecule has 1 N–H and O–H groups in total. The quantitative estimate of drug-likeness (QED) is 0.774. The Kier molecular flexibility index (Phi) is 6.19. The predicted octanol–water partition coefficient (Wildman–Crippen LogP) is 3.00. The summed E-state index contributed by atoms with van der Waals surface area (Å²) in [6.07, 6.45) is 4.05. The lowest BCUT2D eigenvalue weighted by Gasteiger charge is -2.22. The Morgan fingerprint density at radius 2 is 2.11 bits per heavy atom. The van der Waals surface area contributed by atoms with Crippen molar-refractivity contribution >= 4 is 0 Å². The first-order chi connectivity index (χ1) is 8.63. The highest BCUT2D eigenvalue weighted by Gasteiger charge is 2.21. The average molecular weight is 253 g/mol. The maximum absolute atomic E-state index is 5.45. The van der Waals surface area contributed by atoms with Crippen LogP contribution in [0.1, 0.15) is 52.3 Å². The maximum Gasteiger partial charge on any atom is 0.161 e. The van der Waals surface area contributed by atoms with Gasteiger partial charge in [-0.25, -0.2) is 0 Å². The molecule has 0 aliphatic carbocycles. The van der Waals surface area contributed by atoms with Gasteiger partial charge in [0, 0.05) is 6.54 Å². The molecule has 0 fully saturated rings. The molecule has 1 aromatic rings. The number of aryl methyl sites for hydroxylation is 1. The summed E-state index contributed by atoms with van der Waals surface area (Å²) in [6.45, 7) is 10.7. The zero-order chi connectivity index (χ0) is 13.5. The van der Waals surface area contributed by atoms with Crippen LogP contribution in [-0.2, 0) is 6.54 Å². The van der Waals surface area contributed by atoms with Gasteiger partial charge in [-0.3, -0.25) is 4.68 Å². The minimum absolute atomic E-state index is 0.322. The molecule has 1 rings (SSSR count). The Balaban J connectivity index is 2.97. The molecule has 0 radical (unpaired) electrons. The van der Waals surface area contributed by atoms with Gasteiger partial charge in [0.2, 0.25) is 0 Å². The van der Waals surface area contributed by atoms with Gasteiger partial charge in [0.1, 0.15) is 0 Å². The second-order valence-electron chi connectivity index (χ2n) is 5.05. The third-order valence-electron chi connectivity index (χ3n) is 3.04. The molecule has 4 heteroatoms. The Morgan fingerprint density at radius 1 is 1.39 bits per heavy atom. The molecule has 0 aliphatic rings. The SMILES string of the molecule is CCCNC(CC(C)C)c1c(OC)cnn1CC. The lowest BCUT2D eigenvalue weighted by Crippen LogP contribution is -2.26. The first kappa shape index (κ1) is 15.0. The molecule has 0 saturated heterocycles. The molecular formula is C14H27N3O. The molecule has 4 nitrogen and oxygen atoms in total. The van der Waals surface area contributed by atoms with Crippen LogP contribution in [0.4, 0.5) is 0 Å². The van der Waals surface area contributed by atoms with Crippen molar-refractivity contribution in [2.75, 3.05) is 13.7 Å². The molecule has 1 unspecified atom stereocenters. The third-order valence-corrected chi connectivity index (χ3v) is 3.04. The number of aromatic nitrogens is 2. The molecule has 0 spiro atoms. The van der Waals surface area contributed by atoms with Gasteiger partial charge in [-0.15, -0.1) is 0 Å². The summed E-state index contributed by atoms with van der Waals surface area (Å²) in [5.41, 5.74) is 1.18. The summed E-state index contributed by atoms with van der Waals surface area (Å²) in [5, 5.41) is 8.01. The molecule has 104 valence electrons. The molecule has 0 saturated carbocycles. The van der Waals surface area contributed by atoms with E-state index in [0.29, 0.717) is 12.0 Å². The van der Waals surface area contributed by atoms with Crippen molar-refractivity contribution in [1.82, 2.24) is 15.1 Å². The van der Waals surface area contributed by atoms with Crippen LogP contribution in [0.2, 0.25) is 0 Å². The van der Waals surface area contributed by atoms with E-state index in [4.69, 9.17) is 4.74 Å². The van der Waals surface area contributed by atoms with E-state index in [0.717, 1.165) is 31.7 Å². The number of nitrogens with one attached hydrogen (secondary N) is 1.